The molecule has 3 aromatic rings. The fourth-order valence-electron chi connectivity index (χ4n) is 3.62. The first-order valence-corrected chi connectivity index (χ1v) is 11.6. The van der Waals surface area contributed by atoms with E-state index in [9.17, 15) is 9.59 Å². The number of halogens is 1. The van der Waals surface area contributed by atoms with Gasteiger partial charge in [0.2, 0.25) is 5.91 Å². The van der Waals surface area contributed by atoms with Gasteiger partial charge in [0, 0.05) is 9.90 Å². The van der Waals surface area contributed by atoms with Gasteiger partial charge in [-0.2, -0.15) is 0 Å². The van der Waals surface area contributed by atoms with Gasteiger partial charge in [0.25, 0.3) is 5.56 Å². The molecule has 2 N–H and O–H groups in total. The number of nitrogens with zero attached hydrogens (tertiary/aromatic N) is 2. The molecule has 2 heterocycles. The van der Waals surface area contributed by atoms with Crippen molar-refractivity contribution in [3.8, 4) is 5.69 Å². The molecule has 1 amide bonds. The second-order valence-corrected chi connectivity index (χ2v) is 10.5. The first-order chi connectivity index (χ1) is 13.8. The number of hydrogen-bond donors (Lipinski definition) is 1. The quantitative estimate of drug-likeness (QED) is 0.471. The Bertz CT molecular complexity index is 1180. The molecular weight excluding hydrogens is 426 g/mol. The topological polar surface area (TPSA) is 78.0 Å². The Morgan fingerprint density at radius 3 is 2.90 bits per heavy atom. The minimum absolute atomic E-state index is 0.110. The highest BCUT2D eigenvalue weighted by Crippen LogP contribution is 2.37. The lowest BCUT2D eigenvalue weighted by molar-refractivity contribution is -0.117. The maximum atomic E-state index is 13.7. The van der Waals surface area contributed by atoms with Crippen LogP contribution in [0, 0.1) is 12.8 Å². The van der Waals surface area contributed by atoms with Crippen LogP contribution >= 0.6 is 34.7 Å². The number of carbonyl (C=O) groups excluding carboxylic acids is 1. The Labute approximate surface area is 182 Å². The van der Waals surface area contributed by atoms with Gasteiger partial charge in [0.15, 0.2) is 5.16 Å². The predicted octanol–water partition coefficient (Wildman–Crippen LogP) is 4.50. The molecule has 8 heteroatoms. The third-order valence-electron chi connectivity index (χ3n) is 5.40. The van der Waals surface area contributed by atoms with Crippen molar-refractivity contribution in [1.29, 1.82) is 0 Å². The van der Waals surface area contributed by atoms with Crippen molar-refractivity contribution < 1.29 is 4.79 Å². The van der Waals surface area contributed by atoms with Crippen LogP contribution in [0.4, 0.5) is 0 Å². The van der Waals surface area contributed by atoms with E-state index in [0.29, 0.717) is 27.2 Å². The van der Waals surface area contributed by atoms with Gasteiger partial charge in [0.05, 0.1) is 16.3 Å². The Hall–Kier alpha value is -1.83. The molecule has 0 radical (unpaired) electrons. The Balaban J connectivity index is 1.99. The summed E-state index contributed by atoms with van der Waals surface area (Å²) in [4.78, 5) is 32.1. The van der Waals surface area contributed by atoms with Crippen LogP contribution in [0.15, 0.2) is 28.2 Å². The SMILES string of the molecule is Cc1ccc(-n2c(S[C@H](C)C(N)=O)nc3sc4c(c3c2=O)CC[C@H](C)C4)cc1Cl. The largest absolute Gasteiger partial charge is 0.369 e. The molecule has 1 aromatic carbocycles. The molecule has 0 saturated heterocycles. The van der Waals surface area contributed by atoms with E-state index in [2.05, 4.69) is 6.92 Å². The van der Waals surface area contributed by atoms with E-state index >= 15 is 0 Å². The molecule has 0 unspecified atom stereocenters. The molecule has 1 aliphatic rings. The molecule has 0 saturated carbocycles. The standard InChI is InChI=1S/C21H22ClN3O2S2/c1-10-4-7-14-16(8-10)29-19-17(14)20(27)25(13-6-5-11(2)15(22)9-13)21(24-19)28-12(3)18(23)26/h5-6,9-10,12H,4,7-8H2,1-3H3,(H2,23,26)/t10-,12+/m0/s1. The van der Waals surface area contributed by atoms with Crippen molar-refractivity contribution in [2.45, 2.75) is 50.4 Å². The highest BCUT2D eigenvalue weighted by atomic mass is 35.5. The van der Waals surface area contributed by atoms with Crippen molar-refractivity contribution in [2.24, 2.45) is 11.7 Å². The molecule has 4 rings (SSSR count). The minimum Gasteiger partial charge on any atom is -0.369 e. The molecule has 0 fully saturated rings. The van der Waals surface area contributed by atoms with E-state index in [1.54, 1.807) is 28.9 Å². The molecule has 0 aliphatic heterocycles. The second kappa shape index (κ2) is 7.78. The van der Waals surface area contributed by atoms with E-state index in [1.807, 2.05) is 19.1 Å². The monoisotopic (exact) mass is 447 g/mol. The molecule has 152 valence electrons. The zero-order valence-electron chi connectivity index (χ0n) is 16.5. The molecule has 5 nitrogen and oxygen atoms in total. The van der Waals surface area contributed by atoms with Crippen LogP contribution in [0.5, 0.6) is 0 Å². The normalized spacial score (nSPS) is 17.3. The predicted molar refractivity (Wildman–Crippen MR) is 121 cm³/mol. The number of benzene rings is 1. The van der Waals surface area contributed by atoms with E-state index in [-0.39, 0.29) is 5.56 Å². The number of aromatic nitrogens is 2. The number of hydrogen-bond acceptors (Lipinski definition) is 5. The highest BCUT2D eigenvalue weighted by molar-refractivity contribution is 8.00. The van der Waals surface area contributed by atoms with Crippen LogP contribution in [0.2, 0.25) is 5.02 Å². The molecule has 2 atom stereocenters. The molecule has 0 bridgehead atoms. The summed E-state index contributed by atoms with van der Waals surface area (Å²) in [5, 5.41) is 1.22. The number of thiophene rings is 1. The van der Waals surface area contributed by atoms with Crippen LogP contribution in [-0.2, 0) is 17.6 Å². The Morgan fingerprint density at radius 2 is 2.21 bits per heavy atom. The van der Waals surface area contributed by atoms with Crippen LogP contribution in [0.25, 0.3) is 15.9 Å². The van der Waals surface area contributed by atoms with Crippen molar-refractivity contribution in [2.75, 3.05) is 0 Å². The van der Waals surface area contributed by atoms with E-state index in [0.717, 1.165) is 35.2 Å². The van der Waals surface area contributed by atoms with Crippen molar-refractivity contribution in [1.82, 2.24) is 9.55 Å². The summed E-state index contributed by atoms with van der Waals surface area (Å²) in [6, 6.07) is 5.51. The Kier molecular flexibility index (Phi) is 5.48. The first-order valence-electron chi connectivity index (χ1n) is 9.56. The zero-order chi connectivity index (χ0) is 20.9. The minimum atomic E-state index is -0.513. The maximum Gasteiger partial charge on any atom is 0.267 e. The average Bonchev–Trinajstić information content (AvgIpc) is 3.01. The summed E-state index contributed by atoms with van der Waals surface area (Å²) in [7, 11) is 0. The third-order valence-corrected chi connectivity index (χ3v) is 8.02. The van der Waals surface area contributed by atoms with Crippen molar-refractivity contribution >= 4 is 50.8 Å². The summed E-state index contributed by atoms with van der Waals surface area (Å²) in [6.45, 7) is 5.87. The van der Waals surface area contributed by atoms with Gasteiger partial charge < -0.3 is 5.73 Å². The molecule has 1 aliphatic carbocycles. The number of primary amides is 1. The number of nitrogens with two attached hydrogens (primary N) is 1. The van der Waals surface area contributed by atoms with Crippen LogP contribution in [0.1, 0.15) is 36.3 Å². The Morgan fingerprint density at radius 1 is 1.45 bits per heavy atom. The van der Waals surface area contributed by atoms with Crippen LogP contribution in [-0.4, -0.2) is 20.7 Å². The van der Waals surface area contributed by atoms with Gasteiger partial charge in [0.1, 0.15) is 4.83 Å². The molecule has 0 spiro atoms. The lowest BCUT2D eigenvalue weighted by atomic mass is 9.89. The summed E-state index contributed by atoms with van der Waals surface area (Å²) in [5.74, 6) is 0.162. The third kappa shape index (κ3) is 3.71. The second-order valence-electron chi connectivity index (χ2n) is 7.66. The van der Waals surface area contributed by atoms with Crippen molar-refractivity contribution in [3.63, 3.8) is 0 Å². The van der Waals surface area contributed by atoms with E-state index in [4.69, 9.17) is 22.3 Å². The van der Waals surface area contributed by atoms with E-state index < -0.39 is 11.2 Å². The van der Waals surface area contributed by atoms with Crippen LogP contribution in [0.3, 0.4) is 0 Å². The van der Waals surface area contributed by atoms with Gasteiger partial charge in [-0.25, -0.2) is 4.98 Å². The first kappa shape index (κ1) is 20.4. The number of carbonyl (C=O) groups is 1. The lowest BCUT2D eigenvalue weighted by Gasteiger charge is -2.18. The zero-order valence-corrected chi connectivity index (χ0v) is 18.9. The molecule has 2 aromatic heterocycles. The number of rotatable bonds is 4. The van der Waals surface area contributed by atoms with E-state index in [1.165, 1.54) is 16.6 Å². The smallest absolute Gasteiger partial charge is 0.267 e. The highest BCUT2D eigenvalue weighted by Gasteiger charge is 2.26. The average molecular weight is 448 g/mol. The molecular formula is C21H22ClN3O2S2. The summed E-state index contributed by atoms with van der Waals surface area (Å²) < 4.78 is 1.57. The summed E-state index contributed by atoms with van der Waals surface area (Å²) >= 11 is 9.13. The molecule has 29 heavy (non-hydrogen) atoms. The fraction of sp³-hybridized carbons (Fsp3) is 0.381. The fourth-order valence-corrected chi connectivity index (χ4v) is 6.09. The van der Waals surface area contributed by atoms with Crippen molar-refractivity contribution in [3.05, 3.63) is 49.6 Å². The van der Waals surface area contributed by atoms with Gasteiger partial charge in [-0.3, -0.25) is 14.2 Å². The van der Waals surface area contributed by atoms with Gasteiger partial charge >= 0.3 is 0 Å². The number of amides is 1. The van der Waals surface area contributed by atoms with Gasteiger partial charge in [-0.15, -0.1) is 11.3 Å². The van der Waals surface area contributed by atoms with Gasteiger partial charge in [-0.05, 0) is 62.3 Å². The lowest BCUT2D eigenvalue weighted by Crippen LogP contribution is -2.26. The number of fused-ring (bicyclic) bond motifs is 3. The van der Waals surface area contributed by atoms with Gasteiger partial charge in [-0.1, -0.05) is 36.4 Å². The van der Waals surface area contributed by atoms with Crippen LogP contribution < -0.4 is 11.3 Å². The summed E-state index contributed by atoms with van der Waals surface area (Å²) in [6.07, 6.45) is 2.95. The number of thioether (sulfide) groups is 1. The summed E-state index contributed by atoms with van der Waals surface area (Å²) in [5.41, 5.74) is 8.06. The number of aryl methyl sites for hydroxylation is 2. The maximum absolute atomic E-state index is 13.7.